The van der Waals surface area contributed by atoms with Crippen molar-refractivity contribution in [1.82, 2.24) is 19.5 Å². The number of benzene rings is 1. The normalized spacial score (nSPS) is 11.0. The maximum atomic E-state index is 11.9. The van der Waals surface area contributed by atoms with Crippen molar-refractivity contribution < 1.29 is 0 Å². The molecule has 4 aromatic rings. The number of para-hydroxylation sites is 1. The first-order valence-electron chi connectivity index (χ1n) is 8.49. The van der Waals surface area contributed by atoms with E-state index in [4.69, 9.17) is 0 Å². The molecule has 4 rings (SSSR count). The monoisotopic (exact) mass is 345 g/mol. The average molecular weight is 345 g/mol. The molecule has 0 atom stereocenters. The van der Waals surface area contributed by atoms with Crippen molar-refractivity contribution in [3.8, 4) is 11.3 Å². The highest BCUT2D eigenvalue weighted by atomic mass is 16.1. The molecule has 1 aromatic carbocycles. The second kappa shape index (κ2) is 6.84. The molecule has 3 aromatic heterocycles. The van der Waals surface area contributed by atoms with Crippen molar-refractivity contribution in [2.45, 2.75) is 6.42 Å². The fourth-order valence-electron chi connectivity index (χ4n) is 3.15. The lowest BCUT2D eigenvalue weighted by molar-refractivity contribution is 0.936. The van der Waals surface area contributed by atoms with E-state index in [1.54, 1.807) is 12.4 Å². The molecule has 6 nitrogen and oxygen atoms in total. The minimum atomic E-state index is -0.181. The van der Waals surface area contributed by atoms with Gasteiger partial charge in [0, 0.05) is 54.7 Å². The van der Waals surface area contributed by atoms with Gasteiger partial charge in [0.15, 0.2) is 0 Å². The van der Waals surface area contributed by atoms with Gasteiger partial charge in [-0.15, -0.1) is 0 Å². The number of anilines is 1. The molecule has 0 spiro atoms. The SMILES string of the molecule is Cn1cc(CCNc2nc(-c3ccncc3)cc(=O)[nH]2)c2ccccc21. The number of aryl methyl sites for hydroxylation is 1. The molecule has 0 fully saturated rings. The molecular weight excluding hydrogens is 326 g/mol. The predicted octanol–water partition coefficient (Wildman–Crippen LogP) is 2.98. The van der Waals surface area contributed by atoms with E-state index in [-0.39, 0.29) is 5.56 Å². The summed E-state index contributed by atoms with van der Waals surface area (Å²) in [6.07, 6.45) is 6.36. The number of H-pyrrole nitrogens is 1. The highest BCUT2D eigenvalue weighted by Gasteiger charge is 2.07. The summed E-state index contributed by atoms with van der Waals surface area (Å²) in [4.78, 5) is 23.2. The van der Waals surface area contributed by atoms with Crippen molar-refractivity contribution in [3.63, 3.8) is 0 Å². The highest BCUT2D eigenvalue weighted by Crippen LogP contribution is 2.20. The fourth-order valence-corrected chi connectivity index (χ4v) is 3.15. The Morgan fingerprint density at radius 1 is 1.15 bits per heavy atom. The van der Waals surface area contributed by atoms with E-state index < -0.39 is 0 Å². The van der Waals surface area contributed by atoms with Gasteiger partial charge in [-0.1, -0.05) is 18.2 Å². The average Bonchev–Trinajstić information content (AvgIpc) is 2.98. The Balaban J connectivity index is 1.51. The summed E-state index contributed by atoms with van der Waals surface area (Å²) in [7, 11) is 2.05. The first-order chi connectivity index (χ1) is 12.7. The second-order valence-corrected chi connectivity index (χ2v) is 6.17. The molecule has 6 heteroatoms. The number of aromatic nitrogens is 4. The third-order valence-corrected chi connectivity index (χ3v) is 4.38. The lowest BCUT2D eigenvalue weighted by Gasteiger charge is -2.07. The largest absolute Gasteiger partial charge is 0.355 e. The van der Waals surface area contributed by atoms with Gasteiger partial charge in [-0.2, -0.15) is 0 Å². The van der Waals surface area contributed by atoms with Crippen LogP contribution in [-0.2, 0) is 13.5 Å². The Morgan fingerprint density at radius 3 is 2.81 bits per heavy atom. The molecule has 0 amide bonds. The van der Waals surface area contributed by atoms with E-state index in [0.717, 1.165) is 12.0 Å². The van der Waals surface area contributed by atoms with E-state index in [9.17, 15) is 4.79 Å². The van der Waals surface area contributed by atoms with Crippen molar-refractivity contribution in [2.75, 3.05) is 11.9 Å². The van der Waals surface area contributed by atoms with Crippen LogP contribution in [-0.4, -0.2) is 26.1 Å². The van der Waals surface area contributed by atoms with Crippen molar-refractivity contribution >= 4 is 16.9 Å². The summed E-state index contributed by atoms with van der Waals surface area (Å²) in [5.41, 5.74) is 3.79. The van der Waals surface area contributed by atoms with Crippen LogP contribution in [0.2, 0.25) is 0 Å². The number of hydrogen-bond donors (Lipinski definition) is 2. The summed E-state index contributed by atoms with van der Waals surface area (Å²) in [5.74, 6) is 0.476. The van der Waals surface area contributed by atoms with Gasteiger partial charge in [0.2, 0.25) is 5.95 Å². The lowest BCUT2D eigenvalue weighted by Crippen LogP contribution is -2.14. The molecule has 26 heavy (non-hydrogen) atoms. The number of nitrogens with one attached hydrogen (secondary N) is 2. The molecule has 0 unspecified atom stereocenters. The van der Waals surface area contributed by atoms with E-state index >= 15 is 0 Å². The van der Waals surface area contributed by atoms with Crippen molar-refractivity contribution in [3.05, 3.63) is 77.0 Å². The number of aromatic amines is 1. The molecule has 0 aliphatic rings. The summed E-state index contributed by atoms with van der Waals surface area (Å²) < 4.78 is 2.13. The zero-order valence-electron chi connectivity index (χ0n) is 14.4. The van der Waals surface area contributed by atoms with Crippen LogP contribution in [0.3, 0.4) is 0 Å². The van der Waals surface area contributed by atoms with Crippen LogP contribution < -0.4 is 10.9 Å². The van der Waals surface area contributed by atoms with Gasteiger partial charge in [0.05, 0.1) is 5.69 Å². The van der Waals surface area contributed by atoms with Gasteiger partial charge < -0.3 is 9.88 Å². The van der Waals surface area contributed by atoms with Gasteiger partial charge >= 0.3 is 0 Å². The van der Waals surface area contributed by atoms with Crippen LogP contribution in [0.1, 0.15) is 5.56 Å². The summed E-state index contributed by atoms with van der Waals surface area (Å²) in [6.45, 7) is 0.677. The smallest absolute Gasteiger partial charge is 0.252 e. The van der Waals surface area contributed by atoms with Crippen LogP contribution in [0.25, 0.3) is 22.2 Å². The number of hydrogen-bond acceptors (Lipinski definition) is 4. The highest BCUT2D eigenvalue weighted by molar-refractivity contribution is 5.83. The van der Waals surface area contributed by atoms with E-state index in [1.165, 1.54) is 22.5 Å². The van der Waals surface area contributed by atoms with Crippen LogP contribution >= 0.6 is 0 Å². The number of rotatable bonds is 5. The van der Waals surface area contributed by atoms with E-state index in [0.29, 0.717) is 18.2 Å². The summed E-state index contributed by atoms with van der Waals surface area (Å²) >= 11 is 0. The molecule has 0 aliphatic heterocycles. The number of fused-ring (bicyclic) bond motifs is 1. The van der Waals surface area contributed by atoms with Gasteiger partial charge in [-0.25, -0.2) is 4.98 Å². The maximum absolute atomic E-state index is 11.9. The van der Waals surface area contributed by atoms with E-state index in [2.05, 4.69) is 56.3 Å². The summed E-state index contributed by atoms with van der Waals surface area (Å²) in [5, 5.41) is 4.48. The Labute approximate surface area is 150 Å². The molecule has 130 valence electrons. The number of nitrogens with zero attached hydrogens (tertiary/aromatic N) is 3. The molecule has 0 saturated carbocycles. The Bertz CT molecular complexity index is 1100. The topological polar surface area (TPSA) is 75.6 Å². The third-order valence-electron chi connectivity index (χ3n) is 4.38. The first-order valence-corrected chi connectivity index (χ1v) is 8.49. The first kappa shape index (κ1) is 16.1. The molecule has 0 aliphatic carbocycles. The standard InChI is InChI=1S/C20H19N5O/c1-25-13-15(16-4-2-3-5-18(16)25)8-11-22-20-23-17(12-19(26)24-20)14-6-9-21-10-7-14/h2-7,9-10,12-13H,8,11H2,1H3,(H2,22,23,24,26). The molecule has 3 heterocycles. The minimum Gasteiger partial charge on any atom is -0.355 e. The fraction of sp³-hybridized carbons (Fsp3) is 0.150. The zero-order valence-corrected chi connectivity index (χ0v) is 14.4. The maximum Gasteiger partial charge on any atom is 0.252 e. The van der Waals surface area contributed by atoms with Gasteiger partial charge in [-0.3, -0.25) is 14.8 Å². The molecule has 0 bridgehead atoms. The van der Waals surface area contributed by atoms with Crippen LogP contribution in [0.4, 0.5) is 5.95 Å². The molecular formula is C20H19N5O. The van der Waals surface area contributed by atoms with Gasteiger partial charge in [0.1, 0.15) is 0 Å². The Hall–Kier alpha value is -3.41. The second-order valence-electron chi connectivity index (χ2n) is 6.17. The molecule has 2 N–H and O–H groups in total. The lowest BCUT2D eigenvalue weighted by atomic mass is 10.1. The molecule has 0 saturated heterocycles. The Morgan fingerprint density at radius 2 is 1.96 bits per heavy atom. The van der Waals surface area contributed by atoms with Gasteiger partial charge in [0.25, 0.3) is 5.56 Å². The quantitative estimate of drug-likeness (QED) is 0.583. The Kier molecular flexibility index (Phi) is 4.23. The van der Waals surface area contributed by atoms with Crippen LogP contribution in [0.5, 0.6) is 0 Å². The zero-order chi connectivity index (χ0) is 17.9. The van der Waals surface area contributed by atoms with Gasteiger partial charge in [-0.05, 0) is 30.2 Å². The van der Waals surface area contributed by atoms with E-state index in [1.807, 2.05) is 18.2 Å². The third kappa shape index (κ3) is 3.21. The van der Waals surface area contributed by atoms with Crippen LogP contribution in [0.15, 0.2) is 65.8 Å². The van der Waals surface area contributed by atoms with Crippen molar-refractivity contribution in [2.24, 2.45) is 7.05 Å². The summed E-state index contributed by atoms with van der Waals surface area (Å²) in [6, 6.07) is 13.5. The predicted molar refractivity (Wildman–Crippen MR) is 103 cm³/mol. The van der Waals surface area contributed by atoms with Crippen LogP contribution in [0, 0.1) is 0 Å². The van der Waals surface area contributed by atoms with Crippen molar-refractivity contribution in [1.29, 1.82) is 0 Å². The number of pyridine rings is 1. The minimum absolute atomic E-state index is 0.181. The molecule has 0 radical (unpaired) electrons.